The molecule has 1 heterocycles. The molecule has 0 aliphatic heterocycles. The summed E-state index contributed by atoms with van der Waals surface area (Å²) in [6.45, 7) is 0.0923. The summed E-state index contributed by atoms with van der Waals surface area (Å²) in [5.41, 5.74) is 2.80. The zero-order valence-corrected chi connectivity index (χ0v) is 8.98. The average molecular weight is 238 g/mol. The van der Waals surface area contributed by atoms with Crippen molar-refractivity contribution in [3.05, 3.63) is 59.9 Å². The number of benzene rings is 1. The lowest BCUT2D eigenvalue weighted by Gasteiger charge is -2.14. The minimum absolute atomic E-state index is 0.0512. The summed E-state index contributed by atoms with van der Waals surface area (Å²) in [7, 11) is 0. The van der Waals surface area contributed by atoms with Gasteiger partial charge in [-0.05, 0) is 30.3 Å². The molecule has 2 rings (SSSR count). The van der Waals surface area contributed by atoms with Crippen LogP contribution in [0, 0.1) is 11.6 Å². The lowest BCUT2D eigenvalue weighted by molar-refractivity contribution is 0.182. The molecule has 2 aromatic rings. The molecule has 17 heavy (non-hydrogen) atoms. The summed E-state index contributed by atoms with van der Waals surface area (Å²) >= 11 is 0. The first-order chi connectivity index (χ1) is 8.16. The van der Waals surface area contributed by atoms with Gasteiger partial charge < -0.3 is 10.5 Å². The van der Waals surface area contributed by atoms with E-state index in [0.717, 1.165) is 18.2 Å². The third-order valence-electron chi connectivity index (χ3n) is 2.39. The smallest absolute Gasteiger partial charge is 0.129 e. The van der Waals surface area contributed by atoms with Crippen LogP contribution in [0.3, 0.4) is 0 Å². The molecule has 0 bridgehead atoms. The minimum atomic E-state index is -1.10. The van der Waals surface area contributed by atoms with Crippen LogP contribution in [-0.4, -0.2) is 16.3 Å². The Morgan fingerprint density at radius 3 is 2.65 bits per heavy atom. The summed E-state index contributed by atoms with van der Waals surface area (Å²) in [6.07, 6.45) is 2.39. The first-order valence-corrected chi connectivity index (χ1v) is 5.16. The van der Waals surface area contributed by atoms with Crippen molar-refractivity contribution in [1.29, 1.82) is 0 Å². The Morgan fingerprint density at radius 2 is 1.94 bits per heavy atom. The van der Waals surface area contributed by atoms with E-state index in [0.29, 0.717) is 0 Å². The Bertz CT molecular complexity index is 485. The Morgan fingerprint density at radius 1 is 1.24 bits per heavy atom. The zero-order chi connectivity index (χ0) is 12.3. The van der Waals surface area contributed by atoms with Crippen molar-refractivity contribution in [2.75, 3.05) is 12.0 Å². The molecule has 1 aromatic carbocycles. The molecule has 0 amide bonds. The quantitative estimate of drug-likeness (QED) is 0.855. The van der Waals surface area contributed by atoms with E-state index in [-0.39, 0.29) is 12.1 Å². The van der Waals surface area contributed by atoms with Gasteiger partial charge in [-0.1, -0.05) is 0 Å². The number of halogens is 2. The first-order valence-electron chi connectivity index (χ1n) is 5.16. The SMILES string of the molecule is OC(CNn1cccc1)c1cc(F)ccc1F. The second-order valence-corrected chi connectivity index (χ2v) is 3.63. The zero-order valence-electron chi connectivity index (χ0n) is 8.98. The van der Waals surface area contributed by atoms with Gasteiger partial charge in [0.1, 0.15) is 17.7 Å². The van der Waals surface area contributed by atoms with E-state index in [2.05, 4.69) is 5.43 Å². The third kappa shape index (κ3) is 2.82. The summed E-state index contributed by atoms with van der Waals surface area (Å²) in [5, 5.41) is 9.74. The number of nitrogens with zero attached hydrogens (tertiary/aromatic N) is 1. The Labute approximate surface area is 97.3 Å². The maximum atomic E-state index is 13.3. The minimum Gasteiger partial charge on any atom is -0.386 e. The maximum Gasteiger partial charge on any atom is 0.129 e. The van der Waals surface area contributed by atoms with Crippen LogP contribution < -0.4 is 5.43 Å². The van der Waals surface area contributed by atoms with Gasteiger partial charge in [0.15, 0.2) is 0 Å². The van der Waals surface area contributed by atoms with Gasteiger partial charge in [0, 0.05) is 18.0 Å². The number of hydrogen-bond acceptors (Lipinski definition) is 2. The van der Waals surface area contributed by atoms with Crippen LogP contribution in [0.5, 0.6) is 0 Å². The number of rotatable bonds is 4. The van der Waals surface area contributed by atoms with Crippen LogP contribution in [0.25, 0.3) is 0 Å². The normalized spacial score (nSPS) is 12.4. The van der Waals surface area contributed by atoms with Crippen LogP contribution in [0.2, 0.25) is 0 Å². The monoisotopic (exact) mass is 238 g/mol. The molecule has 0 radical (unpaired) electrons. The third-order valence-corrected chi connectivity index (χ3v) is 2.39. The van der Waals surface area contributed by atoms with Crippen molar-refractivity contribution in [3.63, 3.8) is 0 Å². The van der Waals surface area contributed by atoms with Crippen molar-refractivity contribution < 1.29 is 13.9 Å². The molecule has 0 aliphatic carbocycles. The highest BCUT2D eigenvalue weighted by Gasteiger charge is 2.13. The number of aliphatic hydroxyl groups excluding tert-OH is 1. The maximum absolute atomic E-state index is 13.3. The Kier molecular flexibility index (Phi) is 3.39. The fourth-order valence-electron chi connectivity index (χ4n) is 1.51. The molecular formula is C12H12F2N2O. The number of aliphatic hydroxyl groups is 1. The van der Waals surface area contributed by atoms with Gasteiger partial charge in [-0.25, -0.2) is 8.78 Å². The predicted molar refractivity (Wildman–Crippen MR) is 60.0 cm³/mol. The van der Waals surface area contributed by atoms with Crippen molar-refractivity contribution in [2.45, 2.75) is 6.10 Å². The predicted octanol–water partition coefficient (Wildman–Crippen LogP) is 2.04. The molecule has 0 saturated carbocycles. The van der Waals surface area contributed by atoms with Crippen LogP contribution in [-0.2, 0) is 0 Å². The van der Waals surface area contributed by atoms with Gasteiger partial charge in [-0.2, -0.15) is 0 Å². The fourth-order valence-corrected chi connectivity index (χ4v) is 1.51. The lowest BCUT2D eigenvalue weighted by Crippen LogP contribution is -2.20. The molecule has 0 spiro atoms. The molecule has 1 atom stereocenters. The van der Waals surface area contributed by atoms with Crippen LogP contribution in [0.4, 0.5) is 8.78 Å². The Hall–Kier alpha value is -1.88. The average Bonchev–Trinajstić information content (AvgIpc) is 2.82. The van der Waals surface area contributed by atoms with E-state index < -0.39 is 17.7 Å². The van der Waals surface area contributed by atoms with Gasteiger partial charge in [0.2, 0.25) is 0 Å². The second-order valence-electron chi connectivity index (χ2n) is 3.63. The molecule has 0 saturated heterocycles. The second kappa shape index (κ2) is 4.97. The van der Waals surface area contributed by atoms with Gasteiger partial charge in [0.05, 0.1) is 6.54 Å². The molecule has 1 aromatic heterocycles. The molecule has 2 N–H and O–H groups in total. The number of nitrogens with one attached hydrogen (secondary N) is 1. The van der Waals surface area contributed by atoms with Crippen LogP contribution in [0.15, 0.2) is 42.7 Å². The van der Waals surface area contributed by atoms with E-state index in [1.54, 1.807) is 17.1 Å². The van der Waals surface area contributed by atoms with E-state index in [9.17, 15) is 13.9 Å². The van der Waals surface area contributed by atoms with Crippen molar-refractivity contribution in [3.8, 4) is 0 Å². The van der Waals surface area contributed by atoms with Crippen LogP contribution in [0.1, 0.15) is 11.7 Å². The van der Waals surface area contributed by atoms with E-state index in [4.69, 9.17) is 0 Å². The van der Waals surface area contributed by atoms with Gasteiger partial charge in [-0.15, -0.1) is 0 Å². The van der Waals surface area contributed by atoms with Crippen molar-refractivity contribution in [1.82, 2.24) is 4.68 Å². The summed E-state index contributed by atoms with van der Waals surface area (Å²) in [5.74, 6) is -1.19. The van der Waals surface area contributed by atoms with Gasteiger partial charge in [-0.3, -0.25) is 4.68 Å². The summed E-state index contributed by atoms with van der Waals surface area (Å²) < 4.78 is 27.9. The van der Waals surface area contributed by atoms with E-state index >= 15 is 0 Å². The van der Waals surface area contributed by atoms with Gasteiger partial charge >= 0.3 is 0 Å². The standard InChI is InChI=1S/C12H12F2N2O/c13-9-3-4-11(14)10(7-9)12(17)8-15-16-5-1-2-6-16/h1-7,12,15,17H,8H2. The topological polar surface area (TPSA) is 37.2 Å². The van der Waals surface area contributed by atoms with Crippen molar-refractivity contribution in [2.24, 2.45) is 0 Å². The highest BCUT2D eigenvalue weighted by Crippen LogP contribution is 2.17. The number of hydrogen-bond donors (Lipinski definition) is 2. The largest absolute Gasteiger partial charge is 0.386 e. The van der Waals surface area contributed by atoms with Crippen LogP contribution >= 0.6 is 0 Å². The molecule has 5 heteroatoms. The van der Waals surface area contributed by atoms with E-state index in [1.807, 2.05) is 12.1 Å². The summed E-state index contributed by atoms with van der Waals surface area (Å²) in [6, 6.07) is 6.64. The highest BCUT2D eigenvalue weighted by atomic mass is 19.1. The molecule has 3 nitrogen and oxygen atoms in total. The molecule has 0 fully saturated rings. The number of aromatic nitrogens is 1. The molecule has 0 aliphatic rings. The Balaban J connectivity index is 2.04. The van der Waals surface area contributed by atoms with Gasteiger partial charge in [0.25, 0.3) is 0 Å². The fraction of sp³-hybridized carbons (Fsp3) is 0.167. The van der Waals surface area contributed by atoms with E-state index in [1.165, 1.54) is 0 Å². The van der Waals surface area contributed by atoms with Crippen molar-refractivity contribution >= 4 is 0 Å². The molecule has 1 unspecified atom stereocenters. The molecular weight excluding hydrogens is 226 g/mol. The highest BCUT2D eigenvalue weighted by molar-refractivity contribution is 5.21. The molecule has 90 valence electrons. The lowest BCUT2D eigenvalue weighted by atomic mass is 10.1. The first kappa shape index (κ1) is 11.6. The summed E-state index contributed by atoms with van der Waals surface area (Å²) in [4.78, 5) is 0.